The fourth-order valence-corrected chi connectivity index (χ4v) is 3.38. The fourth-order valence-electron chi connectivity index (χ4n) is 3.38. The van der Waals surface area contributed by atoms with Crippen LogP contribution in [0.1, 0.15) is 24.4 Å². The van der Waals surface area contributed by atoms with Gasteiger partial charge in [-0.3, -0.25) is 23.8 Å². The van der Waals surface area contributed by atoms with Crippen molar-refractivity contribution in [3.05, 3.63) is 57.3 Å². The van der Waals surface area contributed by atoms with Crippen LogP contribution in [0.2, 0.25) is 0 Å². The molecule has 4 rings (SSSR count). The largest absolute Gasteiger partial charge is 0.332 e. The van der Waals surface area contributed by atoms with E-state index in [1.54, 1.807) is 18.7 Å². The normalized spacial score (nSPS) is 17.3. The highest BCUT2D eigenvalue weighted by molar-refractivity contribution is 5.69. The van der Waals surface area contributed by atoms with Gasteiger partial charge in [0.05, 0.1) is 6.33 Å². The Balaban J connectivity index is 0.000000152. The summed E-state index contributed by atoms with van der Waals surface area (Å²) in [6.45, 7) is 1.22. The number of aromatic nitrogens is 5. The smallest absolute Gasteiger partial charge is 0.328 e. The van der Waals surface area contributed by atoms with Gasteiger partial charge in [-0.1, -0.05) is 6.07 Å². The Morgan fingerprint density at radius 3 is 2.50 bits per heavy atom. The van der Waals surface area contributed by atoms with Gasteiger partial charge in [0.1, 0.15) is 0 Å². The first kappa shape index (κ1) is 18.1. The summed E-state index contributed by atoms with van der Waals surface area (Å²) in [5.74, 6) is 0. The first-order valence-electron chi connectivity index (χ1n) is 8.59. The molecule has 3 aromatic rings. The van der Waals surface area contributed by atoms with Crippen LogP contribution in [-0.2, 0) is 21.1 Å². The molecule has 0 spiro atoms. The van der Waals surface area contributed by atoms with Gasteiger partial charge < -0.3 is 4.57 Å². The molecule has 0 saturated carbocycles. The van der Waals surface area contributed by atoms with Crippen LogP contribution < -0.4 is 11.2 Å². The topological polar surface area (TPSA) is 78.0 Å². The third kappa shape index (κ3) is 3.20. The maximum atomic E-state index is 11.7. The van der Waals surface area contributed by atoms with Gasteiger partial charge in [0, 0.05) is 39.6 Å². The summed E-state index contributed by atoms with van der Waals surface area (Å²) in [6, 6.07) is 4.79. The molecule has 0 radical (unpaired) electrons. The van der Waals surface area contributed by atoms with E-state index in [9.17, 15) is 9.59 Å². The molecule has 138 valence electrons. The van der Waals surface area contributed by atoms with Crippen LogP contribution in [0.4, 0.5) is 0 Å². The highest BCUT2D eigenvalue weighted by Crippen LogP contribution is 2.29. The molecule has 1 fully saturated rings. The number of imidazole rings is 1. The van der Waals surface area contributed by atoms with Crippen molar-refractivity contribution in [1.82, 2.24) is 28.6 Å². The van der Waals surface area contributed by atoms with Crippen LogP contribution in [0.15, 0.2) is 40.4 Å². The van der Waals surface area contributed by atoms with Gasteiger partial charge in [-0.2, -0.15) is 0 Å². The van der Waals surface area contributed by atoms with Gasteiger partial charge in [-0.15, -0.1) is 0 Å². The average Bonchev–Trinajstić information content (AvgIpc) is 3.25. The van der Waals surface area contributed by atoms with Crippen LogP contribution in [0, 0.1) is 0 Å². The molecule has 26 heavy (non-hydrogen) atoms. The molecular formula is C18H24N6O2. The standard InChI is InChI=1S/C10H14N2.C8H10N4O2/c1-12-7-3-5-10(12)9-4-2-6-11-8-9;1-10-4-9-6-5(10)7(13)12(3)8(14)11(6)2/h2,4,6,8,10H,3,5,7H2,1H3;4H,1-3H3. The Morgan fingerprint density at radius 1 is 1.12 bits per heavy atom. The summed E-state index contributed by atoms with van der Waals surface area (Å²) in [4.78, 5) is 33.7. The fraction of sp³-hybridized carbons (Fsp3) is 0.444. The third-order valence-corrected chi connectivity index (χ3v) is 4.91. The number of likely N-dealkylation sites (tertiary alicyclic amines) is 1. The number of pyridine rings is 1. The summed E-state index contributed by atoms with van der Waals surface area (Å²) < 4.78 is 4.04. The van der Waals surface area contributed by atoms with Crippen LogP contribution in [0.25, 0.3) is 11.2 Å². The lowest BCUT2D eigenvalue weighted by atomic mass is 10.1. The second-order valence-corrected chi connectivity index (χ2v) is 6.66. The number of aryl methyl sites for hydroxylation is 2. The molecule has 1 aliphatic heterocycles. The average molecular weight is 356 g/mol. The molecule has 4 heterocycles. The quantitative estimate of drug-likeness (QED) is 0.645. The van der Waals surface area contributed by atoms with Crippen molar-refractivity contribution >= 4 is 11.2 Å². The maximum absolute atomic E-state index is 11.7. The van der Waals surface area contributed by atoms with Crippen molar-refractivity contribution in [2.45, 2.75) is 18.9 Å². The van der Waals surface area contributed by atoms with Gasteiger partial charge in [-0.25, -0.2) is 9.78 Å². The molecule has 8 heteroatoms. The molecular weight excluding hydrogens is 332 g/mol. The highest BCUT2D eigenvalue weighted by Gasteiger charge is 2.22. The molecule has 3 aromatic heterocycles. The van der Waals surface area contributed by atoms with E-state index in [-0.39, 0.29) is 11.2 Å². The summed E-state index contributed by atoms with van der Waals surface area (Å²) in [6.07, 6.45) is 7.93. The molecule has 0 amide bonds. The van der Waals surface area contributed by atoms with E-state index in [4.69, 9.17) is 0 Å². The number of hydrogen-bond donors (Lipinski definition) is 0. The Morgan fingerprint density at radius 2 is 1.88 bits per heavy atom. The molecule has 0 aromatic carbocycles. The predicted molar refractivity (Wildman–Crippen MR) is 100 cm³/mol. The number of fused-ring (bicyclic) bond motifs is 1. The summed E-state index contributed by atoms with van der Waals surface area (Å²) in [5.41, 5.74) is 1.54. The van der Waals surface area contributed by atoms with Gasteiger partial charge in [0.15, 0.2) is 11.2 Å². The lowest BCUT2D eigenvalue weighted by molar-refractivity contribution is 0.317. The van der Waals surface area contributed by atoms with Crippen molar-refractivity contribution in [1.29, 1.82) is 0 Å². The van der Waals surface area contributed by atoms with Crippen LogP contribution in [0.3, 0.4) is 0 Å². The number of nitrogens with zero attached hydrogens (tertiary/aromatic N) is 6. The van der Waals surface area contributed by atoms with Gasteiger partial charge in [-0.05, 0) is 38.1 Å². The Labute approximate surface area is 151 Å². The van der Waals surface area contributed by atoms with Gasteiger partial charge in [0.25, 0.3) is 5.56 Å². The van der Waals surface area contributed by atoms with Crippen LogP contribution in [-0.4, -0.2) is 42.2 Å². The first-order chi connectivity index (χ1) is 12.4. The Hall–Kier alpha value is -2.74. The van der Waals surface area contributed by atoms with E-state index < -0.39 is 0 Å². The molecule has 1 atom stereocenters. The van der Waals surface area contributed by atoms with E-state index >= 15 is 0 Å². The third-order valence-electron chi connectivity index (χ3n) is 4.91. The molecule has 8 nitrogen and oxygen atoms in total. The minimum atomic E-state index is -0.360. The van der Waals surface area contributed by atoms with E-state index in [1.165, 1.54) is 42.9 Å². The van der Waals surface area contributed by atoms with Crippen molar-refractivity contribution < 1.29 is 0 Å². The molecule has 1 saturated heterocycles. The lowest BCUT2D eigenvalue weighted by Gasteiger charge is -2.18. The van der Waals surface area contributed by atoms with E-state index in [0.717, 1.165) is 4.57 Å². The minimum absolute atomic E-state index is 0.317. The van der Waals surface area contributed by atoms with Crippen molar-refractivity contribution in [2.75, 3.05) is 13.6 Å². The van der Waals surface area contributed by atoms with Crippen LogP contribution in [0.5, 0.6) is 0 Å². The van der Waals surface area contributed by atoms with Crippen molar-refractivity contribution in [2.24, 2.45) is 21.1 Å². The second kappa shape index (κ2) is 7.25. The molecule has 0 N–H and O–H groups in total. The minimum Gasteiger partial charge on any atom is -0.328 e. The summed E-state index contributed by atoms with van der Waals surface area (Å²) in [7, 11) is 6.96. The van der Waals surface area contributed by atoms with Gasteiger partial charge >= 0.3 is 5.69 Å². The SMILES string of the molecule is CN1CCCC1c1cccnc1.Cn1c(=O)c2c(ncn2C)n(C)c1=O. The summed E-state index contributed by atoms with van der Waals surface area (Å²) >= 11 is 0. The molecule has 0 aliphatic carbocycles. The summed E-state index contributed by atoms with van der Waals surface area (Å²) in [5, 5.41) is 0. The van der Waals surface area contributed by atoms with Gasteiger partial charge in [0.2, 0.25) is 0 Å². The highest BCUT2D eigenvalue weighted by atomic mass is 16.2. The zero-order valence-electron chi connectivity index (χ0n) is 15.6. The van der Waals surface area contributed by atoms with E-state index in [0.29, 0.717) is 17.2 Å². The zero-order chi connectivity index (χ0) is 18.8. The maximum Gasteiger partial charge on any atom is 0.332 e. The predicted octanol–water partition coefficient (Wildman–Crippen LogP) is 0.819. The van der Waals surface area contributed by atoms with E-state index in [1.807, 2.05) is 18.5 Å². The number of rotatable bonds is 1. The Bertz CT molecular complexity index is 1020. The lowest BCUT2D eigenvalue weighted by Crippen LogP contribution is -2.37. The Kier molecular flexibility index (Phi) is 5.03. The first-order valence-corrected chi connectivity index (χ1v) is 8.59. The monoisotopic (exact) mass is 356 g/mol. The van der Waals surface area contributed by atoms with Crippen molar-refractivity contribution in [3.8, 4) is 0 Å². The second-order valence-electron chi connectivity index (χ2n) is 6.66. The molecule has 1 unspecified atom stereocenters. The number of hydrogen-bond acceptors (Lipinski definition) is 5. The van der Waals surface area contributed by atoms with Crippen molar-refractivity contribution in [3.63, 3.8) is 0 Å². The zero-order valence-corrected chi connectivity index (χ0v) is 15.6. The van der Waals surface area contributed by atoms with Crippen LogP contribution >= 0.6 is 0 Å². The molecule has 0 bridgehead atoms. The van der Waals surface area contributed by atoms with E-state index in [2.05, 4.69) is 28.0 Å². The molecule has 1 aliphatic rings.